The van der Waals surface area contributed by atoms with Crippen LogP contribution in [0.1, 0.15) is 58.2 Å². The van der Waals surface area contributed by atoms with Crippen LogP contribution in [0.25, 0.3) is 16.7 Å². The van der Waals surface area contributed by atoms with Gasteiger partial charge in [-0.1, -0.05) is 37.1 Å². The van der Waals surface area contributed by atoms with E-state index in [2.05, 4.69) is 4.99 Å². The highest BCUT2D eigenvalue weighted by Gasteiger charge is 2.21. The lowest BCUT2D eigenvalue weighted by Gasteiger charge is -2.17. The fourth-order valence-corrected chi connectivity index (χ4v) is 4.36. The summed E-state index contributed by atoms with van der Waals surface area (Å²) < 4.78 is 8.45. The average Bonchev–Trinajstić information content (AvgIpc) is 2.80. The van der Waals surface area contributed by atoms with Gasteiger partial charge in [0.05, 0.1) is 12.0 Å². The van der Waals surface area contributed by atoms with Gasteiger partial charge in [0.1, 0.15) is 16.9 Å². The van der Waals surface area contributed by atoms with E-state index in [0.29, 0.717) is 23.4 Å². The number of ether oxygens (including phenoxy) is 1. The Morgan fingerprint density at radius 2 is 1.75 bits per heavy atom. The number of benzene rings is 1. The number of aryl methyl sites for hydroxylation is 3. The number of rotatable bonds is 5. The monoisotopic (exact) mass is 486 g/mol. The third-order valence-corrected chi connectivity index (χ3v) is 5.82. The highest BCUT2D eigenvalue weighted by molar-refractivity contribution is 5.97. The van der Waals surface area contributed by atoms with Crippen molar-refractivity contribution in [2.24, 2.45) is 10.9 Å². The number of hydrogen-bond donors (Lipinski definition) is 0. The summed E-state index contributed by atoms with van der Waals surface area (Å²) in [6.07, 6.45) is 1.65. The molecule has 186 valence electrons. The van der Waals surface area contributed by atoms with Gasteiger partial charge in [-0.15, -0.1) is 0 Å². The van der Waals surface area contributed by atoms with E-state index >= 15 is 0 Å². The number of hydrogen-bond acceptors (Lipinski definition) is 5. The molecule has 3 aromatic heterocycles. The van der Waals surface area contributed by atoms with Gasteiger partial charge in [-0.25, -0.2) is 9.78 Å². The maximum Gasteiger partial charge on any atom is 0.341 e. The molecule has 0 aliphatic heterocycles. The lowest BCUT2D eigenvalue weighted by molar-refractivity contribution is 0.0523. The van der Waals surface area contributed by atoms with Gasteiger partial charge in [0.15, 0.2) is 5.49 Å². The van der Waals surface area contributed by atoms with E-state index in [1.165, 1.54) is 10.5 Å². The van der Waals surface area contributed by atoms with Gasteiger partial charge in [0, 0.05) is 18.3 Å². The summed E-state index contributed by atoms with van der Waals surface area (Å²) in [6.45, 7) is 11.9. The topological polar surface area (TPSA) is 95.0 Å². The molecule has 36 heavy (non-hydrogen) atoms. The second kappa shape index (κ2) is 9.89. The number of nitrogens with zero attached hydrogens (tertiary/aromatic N) is 4. The van der Waals surface area contributed by atoms with Gasteiger partial charge < -0.3 is 9.30 Å². The van der Waals surface area contributed by atoms with E-state index in [1.54, 1.807) is 35.9 Å². The first-order valence-corrected chi connectivity index (χ1v) is 12.0. The van der Waals surface area contributed by atoms with Crippen LogP contribution in [0.4, 0.5) is 0 Å². The molecule has 1 aromatic carbocycles. The summed E-state index contributed by atoms with van der Waals surface area (Å²) in [5, 5.41) is 0.250. The molecule has 0 fully saturated rings. The van der Waals surface area contributed by atoms with E-state index in [-0.39, 0.29) is 34.5 Å². The van der Waals surface area contributed by atoms with E-state index < -0.39 is 11.9 Å². The molecule has 0 bridgehead atoms. The molecular weight excluding hydrogens is 456 g/mol. The van der Waals surface area contributed by atoms with E-state index in [1.807, 2.05) is 46.8 Å². The summed E-state index contributed by atoms with van der Waals surface area (Å²) in [7, 11) is 0. The van der Waals surface area contributed by atoms with Crippen LogP contribution < -0.4 is 11.0 Å². The first-order valence-electron chi connectivity index (χ1n) is 12.0. The Morgan fingerprint density at radius 3 is 2.39 bits per heavy atom. The van der Waals surface area contributed by atoms with E-state index in [9.17, 15) is 14.4 Å². The molecule has 0 radical (unpaired) electrons. The van der Waals surface area contributed by atoms with Crippen LogP contribution in [0, 0.1) is 26.7 Å². The fraction of sp³-hybridized carbons (Fsp3) is 0.321. The Hall–Kier alpha value is -4.07. The van der Waals surface area contributed by atoms with E-state index in [0.717, 1.165) is 16.7 Å². The zero-order valence-electron chi connectivity index (χ0n) is 21.5. The predicted octanol–water partition coefficient (Wildman–Crippen LogP) is 4.15. The molecule has 4 aromatic rings. The number of esters is 1. The maximum absolute atomic E-state index is 13.5. The zero-order valence-corrected chi connectivity index (χ0v) is 21.5. The Labute approximate surface area is 208 Å². The average molecular weight is 487 g/mol. The van der Waals surface area contributed by atoms with Crippen molar-refractivity contribution in [1.29, 1.82) is 0 Å². The minimum absolute atomic E-state index is 0.0502. The summed E-state index contributed by atoms with van der Waals surface area (Å²) in [6, 6.07) is 10.6. The highest BCUT2D eigenvalue weighted by atomic mass is 16.5. The molecule has 4 rings (SSSR count). The molecule has 0 unspecified atom stereocenters. The molecule has 0 N–H and O–H groups in total. The van der Waals surface area contributed by atoms with Gasteiger partial charge in [-0.3, -0.25) is 14.0 Å². The molecule has 1 amide bonds. The van der Waals surface area contributed by atoms with Crippen molar-refractivity contribution < 1.29 is 14.3 Å². The standard InChI is InChI=1S/C28H30N4O4/c1-7-36-28(35)22-14-21-24(29-23-19(6)9-8-10-31(23)27(21)34)32(15-16(2)3)25(22)30-26(33)20-12-17(4)11-18(5)13-20/h8-14,16H,7,15H2,1-6H3. The minimum atomic E-state index is -0.655. The molecule has 0 saturated heterocycles. The number of pyridine rings is 2. The maximum atomic E-state index is 13.5. The largest absolute Gasteiger partial charge is 0.462 e. The van der Waals surface area contributed by atoms with Crippen molar-refractivity contribution in [3.63, 3.8) is 0 Å². The molecule has 8 heteroatoms. The second-order valence-electron chi connectivity index (χ2n) is 9.44. The number of carbonyl (C=O) groups excluding carboxylic acids is 2. The number of fused-ring (bicyclic) bond motifs is 2. The van der Waals surface area contributed by atoms with Crippen molar-refractivity contribution >= 4 is 28.6 Å². The number of carbonyl (C=O) groups is 2. The van der Waals surface area contributed by atoms with Crippen molar-refractivity contribution in [2.75, 3.05) is 6.61 Å². The van der Waals surface area contributed by atoms with Crippen LogP contribution in [0.2, 0.25) is 0 Å². The molecule has 0 aliphatic carbocycles. The Bertz CT molecular complexity index is 1620. The summed E-state index contributed by atoms with van der Waals surface area (Å²) in [5.41, 5.74) is 3.85. The molecule has 0 atom stereocenters. The number of aromatic nitrogens is 3. The van der Waals surface area contributed by atoms with Gasteiger partial charge in [0.25, 0.3) is 11.5 Å². The minimum Gasteiger partial charge on any atom is -0.462 e. The van der Waals surface area contributed by atoms with Crippen molar-refractivity contribution in [1.82, 2.24) is 14.0 Å². The van der Waals surface area contributed by atoms with E-state index in [4.69, 9.17) is 9.72 Å². The van der Waals surface area contributed by atoms with Gasteiger partial charge in [-0.2, -0.15) is 4.99 Å². The smallest absolute Gasteiger partial charge is 0.341 e. The first kappa shape index (κ1) is 25.0. The quantitative estimate of drug-likeness (QED) is 0.312. The lowest BCUT2D eigenvalue weighted by Crippen LogP contribution is -2.34. The molecule has 8 nitrogen and oxygen atoms in total. The Kier molecular flexibility index (Phi) is 6.88. The van der Waals surface area contributed by atoms with Crippen LogP contribution >= 0.6 is 0 Å². The zero-order chi connectivity index (χ0) is 26.1. The van der Waals surface area contributed by atoms with Crippen molar-refractivity contribution in [3.8, 4) is 0 Å². The highest BCUT2D eigenvalue weighted by Crippen LogP contribution is 2.16. The molecule has 0 saturated carbocycles. The third-order valence-electron chi connectivity index (χ3n) is 5.82. The molecule has 3 heterocycles. The van der Waals surface area contributed by atoms with Crippen LogP contribution in [0.3, 0.4) is 0 Å². The molecular formula is C28H30N4O4. The summed E-state index contributed by atoms with van der Waals surface area (Å²) in [5.74, 6) is -1.03. The van der Waals surface area contributed by atoms with Crippen molar-refractivity contribution in [2.45, 2.75) is 48.1 Å². The Morgan fingerprint density at radius 1 is 1.06 bits per heavy atom. The van der Waals surface area contributed by atoms with Crippen LogP contribution in [-0.2, 0) is 11.3 Å². The van der Waals surface area contributed by atoms with Gasteiger partial charge in [0.2, 0.25) is 0 Å². The molecule has 0 spiro atoms. The van der Waals surface area contributed by atoms with Crippen LogP contribution in [0.5, 0.6) is 0 Å². The van der Waals surface area contributed by atoms with Gasteiger partial charge in [-0.05, 0) is 63.4 Å². The fourth-order valence-electron chi connectivity index (χ4n) is 4.36. The SMILES string of the molecule is CCOC(=O)c1cc2c(=O)n3cccc(C)c3nc2n(CC(C)C)c1=NC(=O)c1cc(C)cc(C)c1. The Balaban J connectivity index is 2.16. The molecule has 0 aliphatic rings. The normalized spacial score (nSPS) is 12.0. The van der Waals surface area contributed by atoms with Crippen LogP contribution in [0.15, 0.2) is 52.4 Å². The summed E-state index contributed by atoms with van der Waals surface area (Å²) >= 11 is 0. The lowest BCUT2D eigenvalue weighted by atomic mass is 10.1. The number of amides is 1. The predicted molar refractivity (Wildman–Crippen MR) is 138 cm³/mol. The second-order valence-corrected chi connectivity index (χ2v) is 9.44. The summed E-state index contributed by atoms with van der Waals surface area (Å²) in [4.78, 5) is 49.1. The van der Waals surface area contributed by atoms with Gasteiger partial charge >= 0.3 is 5.97 Å². The van der Waals surface area contributed by atoms with Crippen molar-refractivity contribution in [3.05, 3.63) is 86.3 Å². The first-order chi connectivity index (χ1) is 17.1. The van der Waals surface area contributed by atoms with Crippen LogP contribution in [-0.4, -0.2) is 32.4 Å². The third kappa shape index (κ3) is 4.71.